The van der Waals surface area contributed by atoms with Gasteiger partial charge < -0.3 is 27.9 Å². The fourth-order valence-corrected chi connectivity index (χ4v) is 5.56. The predicted octanol–water partition coefficient (Wildman–Crippen LogP) is 10.4. The minimum Gasteiger partial charge on any atom is -0.756 e. The molecular weight excluding hydrogens is 689 g/mol. The first-order valence-electron chi connectivity index (χ1n) is 20.1. The highest BCUT2D eigenvalue weighted by Gasteiger charge is 2.21. The fraction of sp³-hybridized carbons (Fsp3) is 0.674. The van der Waals surface area contributed by atoms with Gasteiger partial charge in [-0.25, -0.2) is 0 Å². The van der Waals surface area contributed by atoms with Crippen LogP contribution in [-0.4, -0.2) is 70.0 Å². The topological polar surface area (TPSA) is 111 Å². The molecule has 9 nitrogen and oxygen atoms in total. The summed E-state index contributed by atoms with van der Waals surface area (Å²) < 4.78 is 33.6. The number of allylic oxidation sites excluding steroid dienone is 12. The number of carbonyl (C=O) groups is 2. The summed E-state index contributed by atoms with van der Waals surface area (Å²) in [6.45, 7) is 3.98. The van der Waals surface area contributed by atoms with Crippen molar-refractivity contribution in [3.8, 4) is 0 Å². The smallest absolute Gasteiger partial charge is 0.306 e. The molecule has 2 unspecified atom stereocenters. The van der Waals surface area contributed by atoms with E-state index in [0.29, 0.717) is 17.4 Å². The number of esters is 2. The molecule has 0 aliphatic rings. The molecule has 0 bridgehead atoms. The first kappa shape index (κ1) is 50.5. The molecule has 0 saturated carbocycles. The molecule has 0 aliphatic carbocycles. The van der Waals surface area contributed by atoms with Crippen LogP contribution in [0.25, 0.3) is 0 Å². The second-order valence-electron chi connectivity index (χ2n) is 14.3. The number of rotatable bonds is 35. The van der Waals surface area contributed by atoms with Crippen molar-refractivity contribution >= 4 is 19.8 Å². The van der Waals surface area contributed by atoms with Crippen molar-refractivity contribution in [3.05, 3.63) is 72.9 Å². The molecule has 0 aromatic carbocycles. The van der Waals surface area contributed by atoms with Crippen molar-refractivity contribution in [1.29, 1.82) is 0 Å². The van der Waals surface area contributed by atoms with Gasteiger partial charge in [-0.1, -0.05) is 132 Å². The highest BCUT2D eigenvalue weighted by molar-refractivity contribution is 7.45. The SMILES string of the molecule is CC/C=C\C/C=C\C/C=C\C/C=C\C/C=C\C/C=C\CCCCCCC(=O)OC(COC(=O)CCCCCCCC)COP(=O)([O-])OCC[N+](C)(C)C. The first-order chi connectivity index (χ1) is 25.5. The number of quaternary nitrogens is 1. The van der Waals surface area contributed by atoms with Crippen LogP contribution in [0.2, 0.25) is 0 Å². The Morgan fingerprint density at radius 1 is 0.604 bits per heavy atom. The summed E-state index contributed by atoms with van der Waals surface area (Å²) in [6.07, 6.45) is 42.5. The van der Waals surface area contributed by atoms with Crippen LogP contribution in [0.5, 0.6) is 0 Å². The van der Waals surface area contributed by atoms with E-state index in [1.165, 1.54) is 6.42 Å². The van der Waals surface area contributed by atoms with Gasteiger partial charge in [-0.3, -0.25) is 14.2 Å². The summed E-state index contributed by atoms with van der Waals surface area (Å²) in [5, 5.41) is 0. The molecular formula is C43H74NO8P. The minimum atomic E-state index is -4.62. The molecule has 0 rings (SSSR count). The third-order valence-electron chi connectivity index (χ3n) is 7.99. The van der Waals surface area contributed by atoms with Gasteiger partial charge in [-0.2, -0.15) is 0 Å². The van der Waals surface area contributed by atoms with Gasteiger partial charge in [0.15, 0.2) is 6.10 Å². The molecule has 0 radical (unpaired) electrons. The number of hydrogen-bond acceptors (Lipinski definition) is 8. The van der Waals surface area contributed by atoms with E-state index in [1.807, 2.05) is 21.1 Å². The average molecular weight is 764 g/mol. The molecule has 0 saturated heterocycles. The quantitative estimate of drug-likeness (QED) is 0.0206. The molecule has 0 aromatic rings. The number of ether oxygens (including phenoxy) is 2. The van der Waals surface area contributed by atoms with Crippen LogP contribution in [0.1, 0.15) is 136 Å². The minimum absolute atomic E-state index is 0.0396. The van der Waals surface area contributed by atoms with E-state index in [-0.39, 0.29) is 26.1 Å². The molecule has 53 heavy (non-hydrogen) atoms. The number of phosphoric ester groups is 1. The van der Waals surface area contributed by atoms with Crippen LogP contribution in [-0.2, 0) is 32.7 Å². The fourth-order valence-electron chi connectivity index (χ4n) is 4.83. The molecule has 0 heterocycles. The van der Waals surface area contributed by atoms with Crippen LogP contribution in [0.4, 0.5) is 0 Å². The summed E-state index contributed by atoms with van der Waals surface area (Å²) in [4.78, 5) is 37.2. The number of hydrogen-bond donors (Lipinski definition) is 0. The zero-order chi connectivity index (χ0) is 39.3. The van der Waals surface area contributed by atoms with Crippen molar-refractivity contribution in [2.24, 2.45) is 0 Å². The van der Waals surface area contributed by atoms with Crippen molar-refractivity contribution in [1.82, 2.24) is 0 Å². The van der Waals surface area contributed by atoms with Gasteiger partial charge in [-0.15, -0.1) is 0 Å². The number of carbonyl (C=O) groups excluding carboxylic acids is 2. The Bertz CT molecular complexity index is 1140. The van der Waals surface area contributed by atoms with E-state index in [2.05, 4.69) is 86.8 Å². The van der Waals surface area contributed by atoms with Gasteiger partial charge in [0.05, 0.1) is 27.7 Å². The molecule has 0 amide bonds. The lowest BCUT2D eigenvalue weighted by molar-refractivity contribution is -0.870. The Morgan fingerprint density at radius 2 is 1.08 bits per heavy atom. The number of unbranched alkanes of at least 4 members (excludes halogenated alkanes) is 9. The van der Waals surface area contributed by atoms with E-state index in [1.54, 1.807) is 0 Å². The Hall–Kier alpha value is -2.55. The van der Waals surface area contributed by atoms with E-state index in [9.17, 15) is 19.0 Å². The highest BCUT2D eigenvalue weighted by Crippen LogP contribution is 2.38. The summed E-state index contributed by atoms with van der Waals surface area (Å²) in [5.74, 6) is -0.882. The Labute approximate surface area is 323 Å². The van der Waals surface area contributed by atoms with Gasteiger partial charge in [0.2, 0.25) is 0 Å². The lowest BCUT2D eigenvalue weighted by Gasteiger charge is -2.28. The average Bonchev–Trinajstić information content (AvgIpc) is 3.10. The summed E-state index contributed by atoms with van der Waals surface area (Å²) >= 11 is 0. The van der Waals surface area contributed by atoms with E-state index in [0.717, 1.165) is 96.3 Å². The van der Waals surface area contributed by atoms with Gasteiger partial charge >= 0.3 is 11.9 Å². The monoisotopic (exact) mass is 764 g/mol. The van der Waals surface area contributed by atoms with Gasteiger partial charge in [0.1, 0.15) is 19.8 Å². The van der Waals surface area contributed by atoms with Crippen molar-refractivity contribution in [2.75, 3.05) is 47.5 Å². The molecule has 304 valence electrons. The lowest BCUT2D eigenvalue weighted by Crippen LogP contribution is -2.37. The third kappa shape index (κ3) is 39.0. The maximum absolute atomic E-state index is 12.6. The van der Waals surface area contributed by atoms with Crippen molar-refractivity contribution in [3.63, 3.8) is 0 Å². The van der Waals surface area contributed by atoms with Crippen LogP contribution in [0.3, 0.4) is 0 Å². The zero-order valence-corrected chi connectivity index (χ0v) is 34.8. The van der Waals surface area contributed by atoms with Crippen LogP contribution < -0.4 is 4.89 Å². The number of nitrogens with zero attached hydrogens (tertiary/aromatic N) is 1. The van der Waals surface area contributed by atoms with Crippen LogP contribution in [0, 0.1) is 0 Å². The largest absolute Gasteiger partial charge is 0.756 e. The first-order valence-corrected chi connectivity index (χ1v) is 21.6. The maximum Gasteiger partial charge on any atom is 0.306 e. The van der Waals surface area contributed by atoms with E-state index >= 15 is 0 Å². The Morgan fingerprint density at radius 3 is 1.60 bits per heavy atom. The predicted molar refractivity (Wildman–Crippen MR) is 217 cm³/mol. The van der Waals surface area contributed by atoms with Crippen molar-refractivity contribution in [2.45, 2.75) is 142 Å². The van der Waals surface area contributed by atoms with E-state index < -0.39 is 32.5 Å². The van der Waals surface area contributed by atoms with Gasteiger partial charge in [0, 0.05) is 12.8 Å². The summed E-state index contributed by atoms with van der Waals surface area (Å²) in [5.41, 5.74) is 0. The summed E-state index contributed by atoms with van der Waals surface area (Å²) in [7, 11) is 1.13. The Kier molecular flexibility index (Phi) is 33.5. The van der Waals surface area contributed by atoms with Gasteiger partial charge in [-0.05, 0) is 64.2 Å². The molecule has 0 aliphatic heterocycles. The van der Waals surface area contributed by atoms with Crippen LogP contribution in [0.15, 0.2) is 72.9 Å². The molecule has 0 N–H and O–H groups in total. The second kappa shape index (κ2) is 35.2. The van der Waals surface area contributed by atoms with E-state index in [4.69, 9.17) is 18.5 Å². The zero-order valence-electron chi connectivity index (χ0n) is 33.9. The standard InChI is InChI=1S/C43H74NO8P/c1-6-8-10-12-14-15-16-17-18-19-20-21-22-23-24-25-26-27-28-29-30-32-34-36-43(46)52-41(39-49-42(45)35-33-31-13-11-9-7-2)40-51-53(47,48)50-38-37-44(3,4)5/h8,10,14-15,17-18,20-21,23-24,26-27,41H,6-7,9,11-13,16,19,22,25,28-40H2,1-5H3/b10-8-,15-14-,18-17-,21-20-,24-23-,27-26-. The lowest BCUT2D eigenvalue weighted by atomic mass is 10.1. The molecule has 10 heteroatoms. The second-order valence-corrected chi connectivity index (χ2v) is 15.7. The molecule has 2 atom stereocenters. The summed E-state index contributed by atoms with van der Waals surface area (Å²) in [6, 6.07) is 0. The number of phosphoric acid groups is 1. The number of likely N-dealkylation sites (N-methyl/N-ethyl adjacent to an activating group) is 1. The van der Waals surface area contributed by atoms with Gasteiger partial charge in [0.25, 0.3) is 7.82 Å². The third-order valence-corrected chi connectivity index (χ3v) is 8.96. The molecule has 0 spiro atoms. The van der Waals surface area contributed by atoms with Crippen LogP contribution >= 0.6 is 7.82 Å². The normalized spacial score (nSPS) is 14.5. The maximum atomic E-state index is 12.6. The molecule has 0 fully saturated rings. The highest BCUT2D eigenvalue weighted by atomic mass is 31.2. The molecule has 0 aromatic heterocycles. The van der Waals surface area contributed by atoms with Crippen molar-refractivity contribution < 1.29 is 42.1 Å². The Balaban J connectivity index is 4.33.